The van der Waals surface area contributed by atoms with Crippen LogP contribution < -0.4 is 5.32 Å². The summed E-state index contributed by atoms with van der Waals surface area (Å²) in [5.74, 6) is 0.869. The number of carbonyl (C=O) groups excluding carboxylic acids is 2. The molecule has 1 unspecified atom stereocenters. The van der Waals surface area contributed by atoms with Crippen molar-refractivity contribution in [3.05, 3.63) is 53.9 Å². The highest BCUT2D eigenvalue weighted by Crippen LogP contribution is 2.47. The van der Waals surface area contributed by atoms with Crippen molar-refractivity contribution in [2.45, 2.75) is 44.9 Å². The van der Waals surface area contributed by atoms with Gasteiger partial charge >= 0.3 is 0 Å². The van der Waals surface area contributed by atoms with Gasteiger partial charge in [-0.05, 0) is 68.7 Å². The van der Waals surface area contributed by atoms with Gasteiger partial charge in [-0.2, -0.15) is 0 Å². The molecule has 1 aromatic heterocycles. The van der Waals surface area contributed by atoms with Gasteiger partial charge in [0.2, 0.25) is 5.91 Å². The van der Waals surface area contributed by atoms with E-state index in [9.17, 15) is 9.59 Å². The van der Waals surface area contributed by atoms with Crippen LogP contribution in [0.4, 0.5) is 0 Å². The van der Waals surface area contributed by atoms with E-state index in [0.717, 1.165) is 43.1 Å². The number of hydrogen-bond donors (Lipinski definition) is 1. The van der Waals surface area contributed by atoms with E-state index in [1.165, 1.54) is 18.5 Å². The Hall–Kier alpha value is -2.69. The maximum absolute atomic E-state index is 12.9. The van der Waals surface area contributed by atoms with Crippen LogP contribution in [0.2, 0.25) is 0 Å². The van der Waals surface area contributed by atoms with Crippen LogP contribution in [0.5, 0.6) is 0 Å². The predicted octanol–water partition coefficient (Wildman–Crippen LogP) is 4.05. The fourth-order valence-electron chi connectivity index (χ4n) is 4.88. The monoisotopic (exact) mass is 389 g/mol. The third-order valence-corrected chi connectivity index (χ3v) is 6.74. The van der Waals surface area contributed by atoms with E-state index in [-0.39, 0.29) is 17.2 Å². The molecular formula is C24H27N3O2. The average molecular weight is 389 g/mol. The first kappa shape index (κ1) is 18.3. The second-order valence-electron chi connectivity index (χ2n) is 8.80. The van der Waals surface area contributed by atoms with Crippen molar-refractivity contribution in [1.29, 1.82) is 0 Å². The van der Waals surface area contributed by atoms with Crippen LogP contribution >= 0.6 is 0 Å². The van der Waals surface area contributed by atoms with Crippen molar-refractivity contribution in [3.8, 4) is 0 Å². The molecule has 150 valence electrons. The molecular weight excluding hydrogens is 362 g/mol. The minimum Gasteiger partial charge on any atom is -0.351 e. The largest absolute Gasteiger partial charge is 0.351 e. The maximum atomic E-state index is 12.9. The molecule has 2 heterocycles. The van der Waals surface area contributed by atoms with Gasteiger partial charge in [0.15, 0.2) is 0 Å². The summed E-state index contributed by atoms with van der Waals surface area (Å²) in [6, 6.07) is 9.49. The third kappa shape index (κ3) is 3.54. The number of nitrogens with zero attached hydrogens (tertiary/aromatic N) is 2. The smallest absolute Gasteiger partial charge is 0.251 e. The zero-order valence-corrected chi connectivity index (χ0v) is 16.7. The fourth-order valence-corrected chi connectivity index (χ4v) is 4.88. The minimum absolute atomic E-state index is 0.0549. The molecule has 0 bridgehead atoms. The highest BCUT2D eigenvalue weighted by molar-refractivity contribution is 5.98. The van der Waals surface area contributed by atoms with Crippen LogP contribution in [0, 0.1) is 11.3 Å². The van der Waals surface area contributed by atoms with Crippen molar-refractivity contribution >= 4 is 22.7 Å². The Bertz CT molecular complexity index is 995. The SMILES string of the molecule is O=C(NCC12CCCC=C1N(CC1CC1)C(=O)CC2)c1ccc2ncccc2c1. The Labute approximate surface area is 171 Å². The van der Waals surface area contributed by atoms with Gasteiger partial charge in [0.05, 0.1) is 5.52 Å². The Morgan fingerprint density at radius 3 is 3.00 bits per heavy atom. The molecule has 3 aliphatic rings. The number of rotatable bonds is 5. The molecule has 2 aliphatic carbocycles. The van der Waals surface area contributed by atoms with Crippen LogP contribution in [-0.4, -0.2) is 34.8 Å². The number of fused-ring (bicyclic) bond motifs is 2. The molecule has 2 amide bonds. The van der Waals surface area contributed by atoms with E-state index >= 15 is 0 Å². The summed E-state index contributed by atoms with van der Waals surface area (Å²) in [6.45, 7) is 1.45. The lowest BCUT2D eigenvalue weighted by Crippen LogP contribution is -2.51. The Balaban J connectivity index is 1.34. The molecule has 1 N–H and O–H groups in total. The van der Waals surface area contributed by atoms with Crippen LogP contribution in [0.3, 0.4) is 0 Å². The van der Waals surface area contributed by atoms with Crippen molar-refractivity contribution < 1.29 is 9.59 Å². The maximum Gasteiger partial charge on any atom is 0.251 e. The van der Waals surface area contributed by atoms with Crippen LogP contribution in [0.25, 0.3) is 10.9 Å². The number of pyridine rings is 1. The van der Waals surface area contributed by atoms with Crippen molar-refractivity contribution in [3.63, 3.8) is 0 Å². The highest BCUT2D eigenvalue weighted by Gasteiger charge is 2.45. The van der Waals surface area contributed by atoms with Gasteiger partial charge in [-0.3, -0.25) is 14.6 Å². The number of carbonyl (C=O) groups is 2. The fraction of sp³-hybridized carbons (Fsp3) is 0.458. The first-order valence-electron chi connectivity index (χ1n) is 10.8. The van der Waals surface area contributed by atoms with Crippen molar-refractivity contribution in [2.75, 3.05) is 13.1 Å². The standard InChI is InChI=1S/C24H27N3O2/c28-22-10-12-24(11-2-1-5-21(24)27(22)15-17-6-7-17)16-26-23(29)19-8-9-20-18(14-19)4-3-13-25-20/h3-5,8-9,13-14,17H,1-2,6-7,10-12,15-16H2,(H,26,29). The molecule has 1 saturated heterocycles. The number of amides is 2. The molecule has 1 aromatic carbocycles. The summed E-state index contributed by atoms with van der Waals surface area (Å²) in [5.41, 5.74) is 2.62. The van der Waals surface area contributed by atoms with Gasteiger partial charge in [0, 0.05) is 47.8 Å². The highest BCUT2D eigenvalue weighted by atomic mass is 16.2. The van der Waals surface area contributed by atoms with Gasteiger partial charge < -0.3 is 10.2 Å². The lowest BCUT2D eigenvalue weighted by molar-refractivity contribution is -0.134. The molecule has 2 fully saturated rings. The number of allylic oxidation sites excluding steroid dienone is 1. The van der Waals surface area contributed by atoms with Gasteiger partial charge in [-0.15, -0.1) is 0 Å². The summed E-state index contributed by atoms with van der Waals surface area (Å²) < 4.78 is 0. The molecule has 1 atom stereocenters. The van der Waals surface area contributed by atoms with E-state index < -0.39 is 0 Å². The summed E-state index contributed by atoms with van der Waals surface area (Å²) in [6.07, 6.45) is 11.1. The molecule has 5 nitrogen and oxygen atoms in total. The number of aromatic nitrogens is 1. The average Bonchev–Trinajstić information content (AvgIpc) is 3.58. The Morgan fingerprint density at radius 1 is 1.24 bits per heavy atom. The van der Waals surface area contributed by atoms with Crippen LogP contribution in [0.1, 0.15) is 55.3 Å². The molecule has 1 saturated carbocycles. The molecule has 2 aromatic rings. The minimum atomic E-state index is -0.102. The number of nitrogens with one attached hydrogen (secondary N) is 1. The van der Waals surface area contributed by atoms with Gasteiger partial charge in [-0.25, -0.2) is 0 Å². The number of likely N-dealkylation sites (tertiary alicyclic amines) is 1. The molecule has 0 spiro atoms. The van der Waals surface area contributed by atoms with Gasteiger partial charge in [0.1, 0.15) is 0 Å². The molecule has 5 heteroatoms. The van der Waals surface area contributed by atoms with E-state index in [0.29, 0.717) is 24.4 Å². The van der Waals surface area contributed by atoms with E-state index in [1.54, 1.807) is 6.20 Å². The third-order valence-electron chi connectivity index (χ3n) is 6.74. The summed E-state index contributed by atoms with van der Waals surface area (Å²) in [7, 11) is 0. The Morgan fingerprint density at radius 2 is 2.14 bits per heavy atom. The van der Waals surface area contributed by atoms with Crippen molar-refractivity contribution in [1.82, 2.24) is 15.2 Å². The quantitative estimate of drug-likeness (QED) is 0.839. The number of piperidine rings is 1. The number of benzene rings is 1. The van der Waals surface area contributed by atoms with Gasteiger partial charge in [0.25, 0.3) is 5.91 Å². The lowest BCUT2D eigenvalue weighted by atomic mass is 9.69. The summed E-state index contributed by atoms with van der Waals surface area (Å²) in [4.78, 5) is 31.9. The zero-order chi connectivity index (χ0) is 19.8. The summed E-state index contributed by atoms with van der Waals surface area (Å²) >= 11 is 0. The van der Waals surface area contributed by atoms with Crippen molar-refractivity contribution in [2.24, 2.45) is 11.3 Å². The Kier molecular flexibility index (Phi) is 4.61. The second kappa shape index (κ2) is 7.29. The normalized spacial score (nSPS) is 24.2. The zero-order valence-electron chi connectivity index (χ0n) is 16.7. The number of hydrogen-bond acceptors (Lipinski definition) is 3. The van der Waals surface area contributed by atoms with E-state index in [2.05, 4.69) is 16.4 Å². The predicted molar refractivity (Wildman–Crippen MR) is 112 cm³/mol. The molecule has 29 heavy (non-hydrogen) atoms. The molecule has 1 aliphatic heterocycles. The second-order valence-corrected chi connectivity index (χ2v) is 8.80. The first-order chi connectivity index (χ1) is 14.1. The first-order valence-corrected chi connectivity index (χ1v) is 10.8. The topological polar surface area (TPSA) is 62.3 Å². The lowest BCUT2D eigenvalue weighted by Gasteiger charge is -2.47. The molecule has 0 radical (unpaired) electrons. The van der Waals surface area contributed by atoms with Gasteiger partial charge in [-0.1, -0.05) is 12.1 Å². The van der Waals surface area contributed by atoms with Crippen LogP contribution in [-0.2, 0) is 4.79 Å². The molecule has 5 rings (SSSR count). The van der Waals surface area contributed by atoms with E-state index in [4.69, 9.17) is 0 Å². The van der Waals surface area contributed by atoms with Crippen LogP contribution in [0.15, 0.2) is 48.3 Å². The van der Waals surface area contributed by atoms with E-state index in [1.807, 2.05) is 35.2 Å². The summed E-state index contributed by atoms with van der Waals surface area (Å²) in [5, 5.41) is 4.16.